The third-order valence-corrected chi connectivity index (χ3v) is 7.04. The summed E-state index contributed by atoms with van der Waals surface area (Å²) in [5.41, 5.74) is 1.88. The van der Waals surface area contributed by atoms with E-state index in [9.17, 15) is 8.42 Å². The molecule has 140 valence electrons. The van der Waals surface area contributed by atoms with Crippen LogP contribution in [0.4, 0.5) is 0 Å². The highest BCUT2D eigenvalue weighted by atomic mass is 32.2. The highest BCUT2D eigenvalue weighted by molar-refractivity contribution is 7.99. The standard InChI is InChI=1S/C21H17N3O2S2/c25-28(26,18-9-5-2-6-10-18)21-20(27-15-16-11-13-22-14-12-16)23-19(24-21)17-7-3-1-4-8-17/h1-14H,15H2,(H,23,24). The van der Waals surface area contributed by atoms with Crippen molar-refractivity contribution in [2.75, 3.05) is 0 Å². The number of hydrogen-bond acceptors (Lipinski definition) is 5. The van der Waals surface area contributed by atoms with Crippen molar-refractivity contribution in [2.45, 2.75) is 20.7 Å². The summed E-state index contributed by atoms with van der Waals surface area (Å²) in [5.74, 6) is 1.13. The largest absolute Gasteiger partial charge is 0.328 e. The second kappa shape index (κ2) is 8.00. The molecule has 0 aliphatic heterocycles. The number of rotatable bonds is 6. The molecule has 0 saturated carbocycles. The maximum absolute atomic E-state index is 13.2. The van der Waals surface area contributed by atoms with Crippen LogP contribution < -0.4 is 0 Å². The number of thioether (sulfide) groups is 1. The van der Waals surface area contributed by atoms with Crippen LogP contribution in [-0.4, -0.2) is 23.4 Å². The summed E-state index contributed by atoms with van der Waals surface area (Å²) in [6, 6.07) is 21.7. The van der Waals surface area contributed by atoms with Crippen molar-refractivity contribution < 1.29 is 8.42 Å². The van der Waals surface area contributed by atoms with Gasteiger partial charge in [0.05, 0.1) is 4.90 Å². The lowest BCUT2D eigenvalue weighted by Gasteiger charge is -2.05. The predicted molar refractivity (Wildman–Crippen MR) is 110 cm³/mol. The number of hydrogen-bond donors (Lipinski definition) is 1. The molecule has 0 saturated heterocycles. The van der Waals surface area contributed by atoms with E-state index in [4.69, 9.17) is 0 Å². The highest BCUT2D eigenvalue weighted by Crippen LogP contribution is 2.33. The van der Waals surface area contributed by atoms with Gasteiger partial charge in [-0.15, -0.1) is 0 Å². The Bertz CT molecular complexity index is 1160. The zero-order valence-electron chi connectivity index (χ0n) is 14.8. The molecule has 0 spiro atoms. The Morgan fingerprint density at radius 1 is 0.857 bits per heavy atom. The van der Waals surface area contributed by atoms with Gasteiger partial charge in [0.25, 0.3) is 0 Å². The first-order valence-electron chi connectivity index (χ1n) is 8.62. The molecule has 0 aliphatic rings. The van der Waals surface area contributed by atoms with Crippen LogP contribution in [0.2, 0.25) is 0 Å². The van der Waals surface area contributed by atoms with Gasteiger partial charge in [-0.25, -0.2) is 13.4 Å². The quantitative estimate of drug-likeness (QED) is 0.473. The number of H-pyrrole nitrogens is 1. The Morgan fingerprint density at radius 2 is 1.50 bits per heavy atom. The minimum Gasteiger partial charge on any atom is -0.328 e. The van der Waals surface area contributed by atoms with Crippen LogP contribution in [0.3, 0.4) is 0 Å². The Labute approximate surface area is 167 Å². The number of nitrogens with zero attached hydrogens (tertiary/aromatic N) is 2. The van der Waals surface area contributed by atoms with E-state index < -0.39 is 9.84 Å². The maximum atomic E-state index is 13.2. The fourth-order valence-corrected chi connectivity index (χ4v) is 5.30. The zero-order chi connectivity index (χ0) is 19.4. The summed E-state index contributed by atoms with van der Waals surface area (Å²) in [7, 11) is -3.71. The van der Waals surface area contributed by atoms with E-state index in [0.717, 1.165) is 11.1 Å². The topological polar surface area (TPSA) is 75.7 Å². The number of sulfone groups is 1. The second-order valence-corrected chi connectivity index (χ2v) is 8.90. The molecule has 0 radical (unpaired) electrons. The third-order valence-electron chi connectivity index (χ3n) is 4.13. The van der Waals surface area contributed by atoms with Crippen LogP contribution in [0.1, 0.15) is 5.56 Å². The van der Waals surface area contributed by atoms with Crippen molar-refractivity contribution in [2.24, 2.45) is 0 Å². The first-order chi connectivity index (χ1) is 13.6. The van der Waals surface area contributed by atoms with Crippen molar-refractivity contribution in [3.05, 3.63) is 90.8 Å². The summed E-state index contributed by atoms with van der Waals surface area (Å²) in [4.78, 5) is 11.9. The van der Waals surface area contributed by atoms with Crippen molar-refractivity contribution >= 4 is 21.6 Å². The lowest BCUT2D eigenvalue weighted by atomic mass is 10.2. The van der Waals surface area contributed by atoms with Crippen molar-refractivity contribution in [1.29, 1.82) is 0 Å². The fraction of sp³-hybridized carbons (Fsp3) is 0.0476. The molecule has 0 aliphatic carbocycles. The Morgan fingerprint density at radius 3 is 2.18 bits per heavy atom. The summed E-state index contributed by atoms with van der Waals surface area (Å²) in [6.45, 7) is 0. The first kappa shape index (κ1) is 18.5. The summed E-state index contributed by atoms with van der Waals surface area (Å²) >= 11 is 1.39. The molecule has 5 nitrogen and oxygen atoms in total. The molecule has 0 bridgehead atoms. The van der Waals surface area contributed by atoms with Crippen LogP contribution in [0.5, 0.6) is 0 Å². The van der Waals surface area contributed by atoms with E-state index in [0.29, 0.717) is 16.6 Å². The molecular formula is C21H17N3O2S2. The predicted octanol–water partition coefficient (Wildman–Crippen LogP) is 4.60. The third kappa shape index (κ3) is 3.85. The molecule has 0 atom stereocenters. The van der Waals surface area contributed by atoms with E-state index in [1.165, 1.54) is 11.8 Å². The van der Waals surface area contributed by atoms with Crippen molar-refractivity contribution in [3.8, 4) is 11.4 Å². The molecule has 2 heterocycles. The number of pyridine rings is 1. The molecule has 2 aromatic carbocycles. The zero-order valence-corrected chi connectivity index (χ0v) is 16.5. The minimum absolute atomic E-state index is 0.122. The van der Waals surface area contributed by atoms with Crippen LogP contribution in [0.15, 0.2) is 100 Å². The van der Waals surface area contributed by atoms with Gasteiger partial charge in [0.15, 0.2) is 5.03 Å². The first-order valence-corrected chi connectivity index (χ1v) is 11.1. The smallest absolute Gasteiger partial charge is 0.224 e. The van der Waals surface area contributed by atoms with E-state index >= 15 is 0 Å². The molecule has 0 unspecified atom stereocenters. The second-order valence-electron chi connectivity index (χ2n) is 6.05. The van der Waals surface area contributed by atoms with Crippen LogP contribution in [0.25, 0.3) is 11.4 Å². The highest BCUT2D eigenvalue weighted by Gasteiger charge is 2.26. The molecule has 0 fully saturated rings. The number of imidazole rings is 1. The van der Waals surface area contributed by atoms with Gasteiger partial charge < -0.3 is 4.98 Å². The van der Waals surface area contributed by atoms with Gasteiger partial charge in [-0.3, -0.25) is 4.98 Å². The SMILES string of the molecule is O=S(=O)(c1ccccc1)c1[nH]c(-c2ccccc2)nc1SCc1ccncc1. The molecule has 2 aromatic heterocycles. The van der Waals surface area contributed by atoms with Gasteiger partial charge in [-0.2, -0.15) is 0 Å². The molecular weight excluding hydrogens is 390 g/mol. The molecule has 28 heavy (non-hydrogen) atoms. The van der Waals surface area contributed by atoms with Gasteiger partial charge in [0, 0.05) is 23.7 Å². The Hall–Kier alpha value is -2.90. The van der Waals surface area contributed by atoms with E-state index in [1.807, 2.05) is 42.5 Å². The van der Waals surface area contributed by atoms with Gasteiger partial charge in [0.2, 0.25) is 9.84 Å². The van der Waals surface area contributed by atoms with Gasteiger partial charge in [-0.05, 0) is 29.8 Å². The molecule has 1 N–H and O–H groups in total. The molecule has 0 amide bonds. The number of nitrogens with one attached hydrogen (secondary N) is 1. The lowest BCUT2D eigenvalue weighted by molar-refractivity contribution is 0.590. The normalized spacial score (nSPS) is 11.4. The maximum Gasteiger partial charge on any atom is 0.224 e. The molecule has 7 heteroatoms. The monoisotopic (exact) mass is 407 g/mol. The van der Waals surface area contributed by atoms with Crippen LogP contribution >= 0.6 is 11.8 Å². The molecule has 4 aromatic rings. The minimum atomic E-state index is -3.71. The van der Waals surface area contributed by atoms with Crippen molar-refractivity contribution in [3.63, 3.8) is 0 Å². The van der Waals surface area contributed by atoms with Crippen LogP contribution in [0, 0.1) is 0 Å². The lowest BCUT2D eigenvalue weighted by Crippen LogP contribution is -2.04. The summed E-state index contributed by atoms with van der Waals surface area (Å²) in [6.07, 6.45) is 3.44. The number of aromatic nitrogens is 3. The van der Waals surface area contributed by atoms with E-state index in [-0.39, 0.29) is 9.92 Å². The average Bonchev–Trinajstić information content (AvgIpc) is 3.19. The Balaban J connectivity index is 1.76. The Kier molecular flexibility index (Phi) is 5.27. The van der Waals surface area contributed by atoms with Gasteiger partial charge >= 0.3 is 0 Å². The van der Waals surface area contributed by atoms with Gasteiger partial charge in [-0.1, -0.05) is 60.3 Å². The number of benzene rings is 2. The fourth-order valence-electron chi connectivity index (χ4n) is 2.70. The average molecular weight is 408 g/mol. The van der Waals surface area contributed by atoms with Crippen LogP contribution in [-0.2, 0) is 15.6 Å². The van der Waals surface area contributed by atoms with E-state index in [2.05, 4.69) is 15.0 Å². The number of aromatic amines is 1. The van der Waals surface area contributed by atoms with E-state index in [1.54, 1.807) is 42.7 Å². The van der Waals surface area contributed by atoms with Gasteiger partial charge in [0.1, 0.15) is 10.9 Å². The van der Waals surface area contributed by atoms with Crippen molar-refractivity contribution in [1.82, 2.24) is 15.0 Å². The molecule has 4 rings (SSSR count). The summed E-state index contributed by atoms with van der Waals surface area (Å²) < 4.78 is 26.4. The summed E-state index contributed by atoms with van der Waals surface area (Å²) in [5, 5.41) is 0.580.